The SMILES string of the molecule is CCCCCCCCCCCC(CC(=O)NC1C(OC[C@@H](NC(=O)CC(CCCCCCCCCCC)OC(=O)CCCCCCCCC)C(=O)O)OC(CO)C(OO)C1OC(=O)CC(CCCCCCCCCCC)OC(=O)CCCCCCCCC)OC(=O)CCCCCCCCC. The minimum atomic E-state index is -1.72. The molecule has 5 N–H and O–H groups in total. The van der Waals surface area contributed by atoms with Gasteiger partial charge in [-0.05, 0) is 57.8 Å². The van der Waals surface area contributed by atoms with Gasteiger partial charge in [-0.1, -0.05) is 311 Å². The second-order valence-electron chi connectivity index (χ2n) is 29.0. The van der Waals surface area contributed by atoms with E-state index >= 15 is 0 Å². The molecule has 586 valence electrons. The van der Waals surface area contributed by atoms with Crippen LogP contribution in [0.2, 0.25) is 0 Å². The van der Waals surface area contributed by atoms with Gasteiger partial charge in [-0.25, -0.2) is 9.68 Å². The molecule has 1 fully saturated rings. The standard InChI is InChI=1S/C81H150N2O17/c1-7-13-19-25-31-34-40-43-49-55-66(95-73(87)58-52-46-37-28-22-16-10-4)61-71(85)82-69(80(91)92)65-94-81-77(83-72(86)62-67(56-50-44-41-35-32-26-20-14-8-2)96-74(88)59-53-47-38-29-23-17-11-5)79(78(100-93)70(64-84)98-81)99-76(90)63-68(57-51-45-42-36-33-27-21-15-9-3)97-75(89)60-54-48-39-30-24-18-12-6/h66-70,77-79,81,84,93H,7-65H2,1-6H3,(H,82,85)(H,83,86)(H,91,92)/t66?,67?,68?,69-,70?,77?,78?,79?,81?/m1/s1. The number of carbonyl (C=O) groups is 7. The van der Waals surface area contributed by atoms with Gasteiger partial charge in [-0.2, -0.15) is 0 Å². The minimum absolute atomic E-state index is 0.182. The molecule has 19 heteroatoms. The fourth-order valence-electron chi connectivity index (χ4n) is 13.3. The molecule has 1 rings (SSSR count). The number of ether oxygens (including phenoxy) is 6. The average Bonchev–Trinajstić information content (AvgIpc) is 0.788. The first kappa shape index (κ1) is 94.1. The van der Waals surface area contributed by atoms with Gasteiger partial charge in [0.1, 0.15) is 30.5 Å². The van der Waals surface area contributed by atoms with Gasteiger partial charge in [0.2, 0.25) is 11.8 Å². The van der Waals surface area contributed by atoms with Crippen LogP contribution < -0.4 is 10.6 Å². The first-order valence-electron chi connectivity index (χ1n) is 41.5. The van der Waals surface area contributed by atoms with E-state index in [2.05, 4.69) is 52.2 Å². The highest BCUT2D eigenvalue weighted by molar-refractivity contribution is 5.84. The van der Waals surface area contributed by atoms with Gasteiger partial charge >= 0.3 is 29.8 Å². The molecule has 0 saturated carbocycles. The van der Waals surface area contributed by atoms with E-state index < -0.39 is 116 Å². The van der Waals surface area contributed by atoms with Crippen LogP contribution in [0, 0.1) is 0 Å². The zero-order valence-electron chi connectivity index (χ0n) is 64.5. The number of carboxylic acid groups (broad SMARTS) is 1. The predicted molar refractivity (Wildman–Crippen MR) is 397 cm³/mol. The number of aliphatic hydroxyl groups is 1. The Morgan fingerprint density at radius 3 is 0.990 bits per heavy atom. The summed E-state index contributed by atoms with van der Waals surface area (Å²) in [4.78, 5) is 102. The quantitative estimate of drug-likeness (QED) is 0.0124. The summed E-state index contributed by atoms with van der Waals surface area (Å²) in [6.45, 7) is 11.5. The lowest BCUT2D eigenvalue weighted by Gasteiger charge is -2.44. The molecule has 9 atom stereocenters. The third kappa shape index (κ3) is 52.1. The Morgan fingerprint density at radius 1 is 0.380 bits per heavy atom. The third-order valence-corrected chi connectivity index (χ3v) is 19.6. The number of carbonyl (C=O) groups excluding carboxylic acids is 6. The van der Waals surface area contributed by atoms with Gasteiger partial charge in [0.25, 0.3) is 0 Å². The first-order valence-corrected chi connectivity index (χ1v) is 41.5. The van der Waals surface area contributed by atoms with Crippen molar-refractivity contribution >= 4 is 41.7 Å². The number of carboxylic acids is 1. The Balaban J connectivity index is 3.71. The van der Waals surface area contributed by atoms with Crippen LogP contribution in [0.25, 0.3) is 0 Å². The number of hydrogen-bond donors (Lipinski definition) is 5. The van der Waals surface area contributed by atoms with Crippen LogP contribution >= 0.6 is 0 Å². The van der Waals surface area contributed by atoms with Crippen molar-refractivity contribution in [3.05, 3.63) is 0 Å². The number of hydrogen-bond acceptors (Lipinski definition) is 16. The molecular weight excluding hydrogens is 1270 g/mol. The van der Waals surface area contributed by atoms with Crippen LogP contribution in [0.3, 0.4) is 0 Å². The molecule has 0 aromatic rings. The number of unbranched alkanes of at least 4 members (excludes halogenated alkanes) is 42. The molecule has 0 spiro atoms. The molecule has 1 saturated heterocycles. The number of nitrogens with one attached hydrogen (secondary N) is 2. The third-order valence-electron chi connectivity index (χ3n) is 19.6. The lowest BCUT2D eigenvalue weighted by molar-refractivity contribution is -0.362. The van der Waals surface area contributed by atoms with Crippen molar-refractivity contribution in [2.45, 2.75) is 463 Å². The molecule has 8 unspecified atom stereocenters. The number of aliphatic carboxylic acids is 1. The summed E-state index contributed by atoms with van der Waals surface area (Å²) in [6, 6.07) is -3.30. The van der Waals surface area contributed by atoms with E-state index in [0.29, 0.717) is 57.8 Å². The molecule has 0 aromatic carbocycles. The highest BCUT2D eigenvalue weighted by atomic mass is 17.1. The van der Waals surface area contributed by atoms with E-state index in [-0.39, 0.29) is 32.1 Å². The van der Waals surface area contributed by atoms with Gasteiger partial charge in [-0.15, -0.1) is 0 Å². The lowest BCUT2D eigenvalue weighted by Crippen LogP contribution is -2.66. The second-order valence-corrected chi connectivity index (χ2v) is 29.0. The van der Waals surface area contributed by atoms with Crippen molar-refractivity contribution in [2.75, 3.05) is 13.2 Å². The van der Waals surface area contributed by atoms with Crippen molar-refractivity contribution in [1.29, 1.82) is 0 Å². The molecule has 0 radical (unpaired) electrons. The zero-order valence-corrected chi connectivity index (χ0v) is 64.5. The fourth-order valence-corrected chi connectivity index (χ4v) is 13.3. The van der Waals surface area contributed by atoms with E-state index in [0.717, 1.165) is 173 Å². The van der Waals surface area contributed by atoms with Crippen LogP contribution in [-0.2, 0) is 66.9 Å². The molecule has 0 bridgehead atoms. The summed E-state index contributed by atoms with van der Waals surface area (Å²) < 4.78 is 36.7. The van der Waals surface area contributed by atoms with Crippen molar-refractivity contribution < 1.29 is 82.3 Å². The summed E-state index contributed by atoms with van der Waals surface area (Å²) >= 11 is 0. The van der Waals surface area contributed by atoms with E-state index in [4.69, 9.17) is 33.3 Å². The van der Waals surface area contributed by atoms with Crippen LogP contribution in [-0.4, -0.2) is 125 Å². The predicted octanol–water partition coefficient (Wildman–Crippen LogP) is 19.6. The van der Waals surface area contributed by atoms with Gasteiger partial charge in [0.15, 0.2) is 24.5 Å². The smallest absolute Gasteiger partial charge is 0.328 e. The Hall–Kier alpha value is -3.91. The number of aliphatic hydroxyl groups excluding tert-OH is 1. The first-order chi connectivity index (χ1) is 48.7. The fraction of sp³-hybridized carbons (Fsp3) is 0.914. The molecule has 1 aliphatic rings. The van der Waals surface area contributed by atoms with E-state index in [1.54, 1.807) is 0 Å². The number of rotatable bonds is 72. The minimum Gasteiger partial charge on any atom is -0.480 e. The molecular formula is C81H150N2O17. The maximum Gasteiger partial charge on any atom is 0.328 e. The Kier molecular flexibility index (Phi) is 63.0. The molecule has 2 amide bonds. The van der Waals surface area contributed by atoms with Crippen molar-refractivity contribution in [2.24, 2.45) is 0 Å². The maximum atomic E-state index is 14.7. The topological polar surface area (TPSA) is 269 Å². The summed E-state index contributed by atoms with van der Waals surface area (Å²) in [5.41, 5.74) is 0. The highest BCUT2D eigenvalue weighted by Crippen LogP contribution is 2.29. The van der Waals surface area contributed by atoms with Crippen molar-refractivity contribution in [1.82, 2.24) is 10.6 Å². The monoisotopic (exact) mass is 1420 g/mol. The summed E-state index contributed by atoms with van der Waals surface area (Å²) in [6.07, 6.45) is 41.5. The Bertz CT molecular complexity index is 2000. The lowest BCUT2D eigenvalue weighted by atomic mass is 9.95. The average molecular weight is 1420 g/mol. The Labute approximate surface area is 607 Å². The molecule has 0 aromatic heterocycles. The molecule has 100 heavy (non-hydrogen) atoms. The van der Waals surface area contributed by atoms with Crippen LogP contribution in [0.1, 0.15) is 408 Å². The molecule has 1 aliphatic heterocycles. The van der Waals surface area contributed by atoms with Crippen LogP contribution in [0.15, 0.2) is 0 Å². The van der Waals surface area contributed by atoms with Gasteiger partial charge in [-0.3, -0.25) is 34.0 Å². The molecule has 0 aliphatic carbocycles. The summed E-state index contributed by atoms with van der Waals surface area (Å²) in [5, 5.41) is 37.6. The maximum absolute atomic E-state index is 14.7. The van der Waals surface area contributed by atoms with Crippen LogP contribution in [0.5, 0.6) is 0 Å². The van der Waals surface area contributed by atoms with Crippen molar-refractivity contribution in [3.8, 4) is 0 Å². The Morgan fingerprint density at radius 2 is 0.680 bits per heavy atom. The van der Waals surface area contributed by atoms with Gasteiger partial charge in [0, 0.05) is 19.3 Å². The molecule has 19 nitrogen and oxygen atoms in total. The highest BCUT2D eigenvalue weighted by Gasteiger charge is 2.51. The largest absolute Gasteiger partial charge is 0.480 e. The summed E-state index contributed by atoms with van der Waals surface area (Å²) in [5.74, 6) is -5.02. The van der Waals surface area contributed by atoms with E-state index in [9.17, 15) is 49.0 Å². The number of esters is 4. The second kappa shape index (κ2) is 67.0. The number of amides is 2. The normalized spacial score (nSPS) is 17.3. The molecule has 1 heterocycles. The van der Waals surface area contributed by atoms with Gasteiger partial charge in [0.05, 0.1) is 32.5 Å². The van der Waals surface area contributed by atoms with Gasteiger partial charge < -0.3 is 49.3 Å². The van der Waals surface area contributed by atoms with E-state index in [1.807, 2.05) is 0 Å². The van der Waals surface area contributed by atoms with E-state index in [1.165, 1.54) is 96.3 Å². The van der Waals surface area contributed by atoms with Crippen LogP contribution in [0.4, 0.5) is 0 Å². The summed E-state index contributed by atoms with van der Waals surface area (Å²) in [7, 11) is 0. The van der Waals surface area contributed by atoms with Crippen molar-refractivity contribution in [3.63, 3.8) is 0 Å². The zero-order chi connectivity index (χ0) is 73.3.